The second kappa shape index (κ2) is 8.59. The molecule has 0 saturated heterocycles. The van der Waals surface area contributed by atoms with Crippen LogP contribution in [0, 0.1) is 0 Å². The number of nitrogens with one attached hydrogen (secondary N) is 1. The van der Waals surface area contributed by atoms with E-state index in [-0.39, 0.29) is 5.91 Å². The lowest BCUT2D eigenvalue weighted by Gasteiger charge is -2.14. The number of aromatic nitrogens is 2. The molecule has 3 aromatic carbocycles. The Kier molecular flexibility index (Phi) is 5.72. The summed E-state index contributed by atoms with van der Waals surface area (Å²) in [6.07, 6.45) is 0. The van der Waals surface area contributed by atoms with Crippen LogP contribution in [0.1, 0.15) is 18.5 Å². The number of carbonyl (C=O) groups is 1. The van der Waals surface area contributed by atoms with Crippen molar-refractivity contribution in [1.29, 1.82) is 0 Å². The van der Waals surface area contributed by atoms with Crippen LogP contribution < -0.4 is 10.1 Å². The largest absolute Gasteiger partial charge is 0.497 e. The van der Waals surface area contributed by atoms with Gasteiger partial charge in [-0.3, -0.25) is 9.48 Å². The molecule has 1 atom stereocenters. The van der Waals surface area contributed by atoms with Crippen molar-refractivity contribution in [3.8, 4) is 17.0 Å². The zero-order valence-corrected chi connectivity index (χ0v) is 17.6. The van der Waals surface area contributed by atoms with Gasteiger partial charge >= 0.3 is 0 Å². The molecule has 30 heavy (non-hydrogen) atoms. The Balaban J connectivity index is 1.60. The van der Waals surface area contributed by atoms with Gasteiger partial charge < -0.3 is 10.1 Å². The first-order chi connectivity index (χ1) is 14.6. The van der Waals surface area contributed by atoms with Crippen LogP contribution >= 0.6 is 11.6 Å². The summed E-state index contributed by atoms with van der Waals surface area (Å²) in [6, 6.07) is 22.7. The Morgan fingerprint density at radius 1 is 1.10 bits per heavy atom. The highest BCUT2D eigenvalue weighted by molar-refractivity contribution is 6.31. The Labute approximate surface area is 180 Å². The van der Waals surface area contributed by atoms with Gasteiger partial charge in [-0.15, -0.1) is 0 Å². The third-order valence-corrected chi connectivity index (χ3v) is 5.32. The maximum Gasteiger partial charge on any atom is 0.244 e. The number of carbonyl (C=O) groups excluding carboxylic acids is 1. The Hall–Kier alpha value is -3.31. The first-order valence-corrected chi connectivity index (χ1v) is 10.1. The zero-order valence-electron chi connectivity index (χ0n) is 16.8. The minimum Gasteiger partial charge on any atom is -0.497 e. The fraction of sp³-hybridized carbons (Fsp3) is 0.167. The zero-order chi connectivity index (χ0) is 21.1. The molecular weight excluding hydrogens is 398 g/mol. The van der Waals surface area contributed by atoms with Crippen molar-refractivity contribution in [2.24, 2.45) is 0 Å². The van der Waals surface area contributed by atoms with Crippen molar-refractivity contribution in [3.63, 3.8) is 0 Å². The Bertz CT molecular complexity index is 1170. The highest BCUT2D eigenvalue weighted by atomic mass is 35.5. The summed E-state index contributed by atoms with van der Waals surface area (Å²) < 4.78 is 6.93. The fourth-order valence-electron chi connectivity index (χ4n) is 3.41. The third-order valence-electron chi connectivity index (χ3n) is 5.09. The molecule has 0 aliphatic heterocycles. The molecule has 4 aromatic rings. The predicted molar refractivity (Wildman–Crippen MR) is 120 cm³/mol. The van der Waals surface area contributed by atoms with Gasteiger partial charge in [-0.2, -0.15) is 5.10 Å². The molecule has 1 aromatic heterocycles. The highest BCUT2D eigenvalue weighted by Crippen LogP contribution is 2.31. The lowest BCUT2D eigenvalue weighted by Crippen LogP contribution is -2.31. The Morgan fingerprint density at radius 2 is 1.83 bits per heavy atom. The van der Waals surface area contributed by atoms with Gasteiger partial charge in [-0.05, 0) is 42.8 Å². The van der Waals surface area contributed by atoms with E-state index in [4.69, 9.17) is 21.4 Å². The number of ether oxygens (including phenoxy) is 1. The number of nitrogens with zero attached hydrogens (tertiary/aromatic N) is 2. The van der Waals surface area contributed by atoms with E-state index in [1.165, 1.54) is 0 Å². The smallest absolute Gasteiger partial charge is 0.244 e. The maximum atomic E-state index is 12.9. The van der Waals surface area contributed by atoms with E-state index in [9.17, 15) is 4.79 Å². The molecule has 1 heterocycles. The van der Waals surface area contributed by atoms with Gasteiger partial charge in [0.05, 0.1) is 12.6 Å². The topological polar surface area (TPSA) is 56.1 Å². The number of amides is 1. The normalized spacial score (nSPS) is 12.0. The summed E-state index contributed by atoms with van der Waals surface area (Å²) in [6.45, 7) is 2.28. The molecule has 0 unspecified atom stereocenters. The number of fused-ring (bicyclic) bond motifs is 1. The second-order valence-electron chi connectivity index (χ2n) is 7.06. The SMILES string of the molecule is COc1ccc(CNC(=O)[C@@H](C)n2nc(-c3ccccc3)c3cc(Cl)ccc32)cc1. The van der Waals surface area contributed by atoms with Crippen LogP contribution in [0.3, 0.4) is 0 Å². The molecule has 1 amide bonds. The van der Waals surface area contributed by atoms with Crippen molar-refractivity contribution in [2.45, 2.75) is 19.5 Å². The Morgan fingerprint density at radius 3 is 2.53 bits per heavy atom. The van der Waals surface area contributed by atoms with E-state index >= 15 is 0 Å². The lowest BCUT2D eigenvalue weighted by atomic mass is 10.1. The average molecular weight is 420 g/mol. The lowest BCUT2D eigenvalue weighted by molar-refractivity contribution is -0.124. The molecule has 0 radical (unpaired) electrons. The average Bonchev–Trinajstić information content (AvgIpc) is 3.16. The molecule has 0 aliphatic rings. The van der Waals surface area contributed by atoms with Crippen molar-refractivity contribution < 1.29 is 9.53 Å². The number of halogens is 1. The number of hydrogen-bond donors (Lipinski definition) is 1. The van der Waals surface area contributed by atoms with Crippen LogP contribution in [-0.4, -0.2) is 22.8 Å². The summed E-state index contributed by atoms with van der Waals surface area (Å²) in [7, 11) is 1.63. The first-order valence-electron chi connectivity index (χ1n) is 9.70. The third kappa shape index (κ3) is 4.02. The van der Waals surface area contributed by atoms with Gasteiger partial charge in [-0.25, -0.2) is 0 Å². The van der Waals surface area contributed by atoms with Crippen LogP contribution in [0.25, 0.3) is 22.2 Å². The number of rotatable bonds is 6. The monoisotopic (exact) mass is 419 g/mol. The maximum absolute atomic E-state index is 12.9. The van der Waals surface area contributed by atoms with E-state index in [0.717, 1.165) is 33.5 Å². The molecule has 0 spiro atoms. The van der Waals surface area contributed by atoms with Crippen LogP contribution in [0.2, 0.25) is 5.02 Å². The van der Waals surface area contributed by atoms with Gasteiger partial charge in [-0.1, -0.05) is 54.1 Å². The van der Waals surface area contributed by atoms with Gasteiger partial charge in [0.15, 0.2) is 0 Å². The van der Waals surface area contributed by atoms with Gasteiger partial charge in [0.1, 0.15) is 17.5 Å². The van der Waals surface area contributed by atoms with E-state index in [0.29, 0.717) is 11.6 Å². The fourth-order valence-corrected chi connectivity index (χ4v) is 3.58. The number of hydrogen-bond acceptors (Lipinski definition) is 3. The van der Waals surface area contributed by atoms with Gasteiger partial charge in [0, 0.05) is 22.5 Å². The van der Waals surface area contributed by atoms with Crippen molar-refractivity contribution in [2.75, 3.05) is 7.11 Å². The standard InChI is InChI=1S/C24H22ClN3O2/c1-16(24(29)26-15-17-8-11-20(30-2)12-9-17)28-22-13-10-19(25)14-21(22)23(27-28)18-6-4-3-5-7-18/h3-14,16H,15H2,1-2H3,(H,26,29)/t16-/m1/s1. The molecule has 0 fully saturated rings. The first kappa shape index (κ1) is 20.0. The van der Waals surface area contributed by atoms with Crippen molar-refractivity contribution in [3.05, 3.63) is 83.4 Å². The molecular formula is C24H22ClN3O2. The van der Waals surface area contributed by atoms with E-state index in [2.05, 4.69) is 5.32 Å². The van der Waals surface area contributed by atoms with Crippen LogP contribution in [0.5, 0.6) is 5.75 Å². The van der Waals surface area contributed by atoms with Crippen LogP contribution in [0.4, 0.5) is 0 Å². The highest BCUT2D eigenvalue weighted by Gasteiger charge is 2.21. The molecule has 0 bridgehead atoms. The molecule has 152 valence electrons. The van der Waals surface area contributed by atoms with Crippen molar-refractivity contribution in [1.82, 2.24) is 15.1 Å². The molecule has 1 N–H and O–H groups in total. The summed E-state index contributed by atoms with van der Waals surface area (Å²) in [5.74, 6) is 0.679. The van der Waals surface area contributed by atoms with Crippen LogP contribution in [-0.2, 0) is 11.3 Å². The molecule has 5 nitrogen and oxygen atoms in total. The molecule has 6 heteroatoms. The van der Waals surface area contributed by atoms with E-state index in [1.54, 1.807) is 11.8 Å². The van der Waals surface area contributed by atoms with Crippen molar-refractivity contribution >= 4 is 28.4 Å². The van der Waals surface area contributed by atoms with E-state index < -0.39 is 6.04 Å². The van der Waals surface area contributed by atoms with Crippen LogP contribution in [0.15, 0.2) is 72.8 Å². The summed E-state index contributed by atoms with van der Waals surface area (Å²) in [4.78, 5) is 12.9. The second-order valence-corrected chi connectivity index (χ2v) is 7.50. The van der Waals surface area contributed by atoms with Gasteiger partial charge in [0.2, 0.25) is 5.91 Å². The molecule has 0 saturated carbocycles. The quantitative estimate of drug-likeness (QED) is 0.464. The predicted octanol–water partition coefficient (Wildman–Crippen LogP) is 5.24. The minimum absolute atomic E-state index is 0.107. The molecule has 0 aliphatic carbocycles. The molecule has 4 rings (SSSR count). The number of benzene rings is 3. The summed E-state index contributed by atoms with van der Waals surface area (Å²) >= 11 is 6.24. The minimum atomic E-state index is -0.482. The summed E-state index contributed by atoms with van der Waals surface area (Å²) in [5.41, 5.74) is 3.65. The summed E-state index contributed by atoms with van der Waals surface area (Å²) in [5, 5.41) is 9.33. The number of methoxy groups -OCH3 is 1. The van der Waals surface area contributed by atoms with E-state index in [1.807, 2.05) is 79.7 Å². The van der Waals surface area contributed by atoms with Gasteiger partial charge in [0.25, 0.3) is 0 Å².